The van der Waals surface area contributed by atoms with Crippen molar-refractivity contribution in [2.24, 2.45) is 0 Å². The second-order valence-corrected chi connectivity index (χ2v) is 7.10. The molecule has 4 rings (SSSR count). The van der Waals surface area contributed by atoms with Gasteiger partial charge in [-0.05, 0) is 29.8 Å². The summed E-state index contributed by atoms with van der Waals surface area (Å²) in [5.74, 6) is 1.94. The van der Waals surface area contributed by atoms with Gasteiger partial charge in [-0.15, -0.1) is 0 Å². The van der Waals surface area contributed by atoms with E-state index in [-0.39, 0.29) is 18.4 Å². The summed E-state index contributed by atoms with van der Waals surface area (Å²) >= 11 is 0. The smallest absolute Gasteiger partial charge is 0.267 e. The normalized spacial score (nSPS) is 18.3. The van der Waals surface area contributed by atoms with Gasteiger partial charge in [-0.25, -0.2) is 0 Å². The summed E-state index contributed by atoms with van der Waals surface area (Å²) in [5, 5.41) is 0. The summed E-state index contributed by atoms with van der Waals surface area (Å²) in [6, 6.07) is 14.9. The minimum atomic E-state index is -0.649. The quantitative estimate of drug-likeness (QED) is 0.788. The van der Waals surface area contributed by atoms with E-state index in [0.29, 0.717) is 44.1 Å². The Morgan fingerprint density at radius 3 is 2.48 bits per heavy atom. The van der Waals surface area contributed by atoms with Gasteiger partial charge in [-0.2, -0.15) is 0 Å². The number of piperazine rings is 1. The molecule has 2 heterocycles. The van der Waals surface area contributed by atoms with Crippen molar-refractivity contribution in [3.8, 4) is 17.2 Å². The average Bonchev–Trinajstić information content (AvgIpc) is 2.78. The maximum absolute atomic E-state index is 12.8. The minimum Gasteiger partial charge on any atom is -0.497 e. The highest BCUT2D eigenvalue weighted by molar-refractivity contribution is 5.83. The molecule has 0 aliphatic carbocycles. The molecule has 2 aromatic rings. The Balaban J connectivity index is 1.30. The van der Waals surface area contributed by atoms with Crippen LogP contribution in [0, 0.1) is 0 Å². The van der Waals surface area contributed by atoms with Crippen molar-refractivity contribution in [1.29, 1.82) is 0 Å². The van der Waals surface area contributed by atoms with E-state index in [4.69, 9.17) is 14.2 Å². The number of methoxy groups -OCH3 is 1. The summed E-state index contributed by atoms with van der Waals surface area (Å²) < 4.78 is 16.7. The van der Waals surface area contributed by atoms with Crippen LogP contribution in [0.3, 0.4) is 0 Å². The zero-order chi connectivity index (χ0) is 20.2. The highest BCUT2D eigenvalue weighted by Gasteiger charge is 2.33. The number of hydrogen-bond acceptors (Lipinski definition) is 5. The summed E-state index contributed by atoms with van der Waals surface area (Å²) in [5.41, 5.74) is 0.916. The Kier molecular flexibility index (Phi) is 5.55. The van der Waals surface area contributed by atoms with Crippen molar-refractivity contribution in [1.82, 2.24) is 9.80 Å². The van der Waals surface area contributed by atoms with E-state index >= 15 is 0 Å². The third-order valence-corrected chi connectivity index (χ3v) is 5.22. The third kappa shape index (κ3) is 4.29. The molecule has 0 saturated carbocycles. The van der Waals surface area contributed by atoms with Crippen molar-refractivity contribution in [3.05, 3.63) is 54.1 Å². The number of para-hydroxylation sites is 2. The van der Waals surface area contributed by atoms with Crippen LogP contribution in [0.1, 0.15) is 5.56 Å². The molecule has 7 nitrogen and oxygen atoms in total. The van der Waals surface area contributed by atoms with E-state index in [9.17, 15) is 9.59 Å². The lowest BCUT2D eigenvalue weighted by Crippen LogP contribution is -2.55. The molecule has 1 saturated heterocycles. The van der Waals surface area contributed by atoms with E-state index in [1.807, 2.05) is 42.5 Å². The summed E-state index contributed by atoms with van der Waals surface area (Å²) in [6.07, 6.45) is -0.328. The molecule has 29 heavy (non-hydrogen) atoms. The van der Waals surface area contributed by atoms with Gasteiger partial charge in [0.25, 0.3) is 5.91 Å². The highest BCUT2D eigenvalue weighted by atomic mass is 16.6. The number of carbonyl (C=O) groups is 2. The van der Waals surface area contributed by atoms with Crippen LogP contribution in [0.5, 0.6) is 17.2 Å². The van der Waals surface area contributed by atoms with Crippen LogP contribution in [-0.2, 0) is 16.0 Å². The van der Waals surface area contributed by atoms with Gasteiger partial charge in [-0.1, -0.05) is 24.3 Å². The average molecular weight is 396 g/mol. The predicted molar refractivity (Wildman–Crippen MR) is 106 cm³/mol. The molecule has 1 fully saturated rings. The van der Waals surface area contributed by atoms with Gasteiger partial charge in [0.2, 0.25) is 12.0 Å². The van der Waals surface area contributed by atoms with Crippen LogP contribution in [0.25, 0.3) is 0 Å². The first-order chi connectivity index (χ1) is 14.1. The third-order valence-electron chi connectivity index (χ3n) is 5.22. The molecule has 0 spiro atoms. The summed E-state index contributed by atoms with van der Waals surface area (Å²) in [6.45, 7) is 2.20. The van der Waals surface area contributed by atoms with E-state index in [0.717, 1.165) is 11.3 Å². The fourth-order valence-electron chi connectivity index (χ4n) is 3.59. The van der Waals surface area contributed by atoms with Crippen LogP contribution >= 0.6 is 0 Å². The van der Waals surface area contributed by atoms with Crippen molar-refractivity contribution >= 4 is 11.8 Å². The van der Waals surface area contributed by atoms with Gasteiger partial charge in [0.15, 0.2) is 11.5 Å². The Bertz CT molecular complexity index is 892. The van der Waals surface area contributed by atoms with E-state index in [1.165, 1.54) is 0 Å². The Labute approximate surface area is 169 Å². The topological polar surface area (TPSA) is 68.3 Å². The molecule has 2 aliphatic heterocycles. The molecule has 0 radical (unpaired) electrons. The minimum absolute atomic E-state index is 0.0523. The van der Waals surface area contributed by atoms with Gasteiger partial charge < -0.3 is 24.0 Å². The first-order valence-corrected chi connectivity index (χ1v) is 9.72. The largest absolute Gasteiger partial charge is 0.497 e. The van der Waals surface area contributed by atoms with Crippen molar-refractivity contribution in [3.63, 3.8) is 0 Å². The second-order valence-electron chi connectivity index (χ2n) is 7.10. The molecular weight excluding hydrogens is 372 g/mol. The molecular formula is C22H24N2O5. The lowest BCUT2D eigenvalue weighted by molar-refractivity contribution is -0.146. The molecule has 0 N–H and O–H groups in total. The van der Waals surface area contributed by atoms with Crippen molar-refractivity contribution < 1.29 is 23.8 Å². The van der Waals surface area contributed by atoms with Gasteiger partial charge in [0, 0.05) is 26.2 Å². The second kappa shape index (κ2) is 8.43. The first kappa shape index (κ1) is 19.1. The lowest BCUT2D eigenvalue weighted by atomic mass is 10.1. The molecule has 2 aliphatic rings. The number of ether oxygens (including phenoxy) is 3. The number of amides is 2. The van der Waals surface area contributed by atoms with Gasteiger partial charge in [0.05, 0.1) is 13.5 Å². The Morgan fingerprint density at radius 2 is 1.72 bits per heavy atom. The Hall–Kier alpha value is -3.22. The molecule has 1 unspecified atom stereocenters. The maximum Gasteiger partial charge on any atom is 0.267 e. The van der Waals surface area contributed by atoms with Crippen LogP contribution in [-0.4, -0.2) is 67.6 Å². The number of benzene rings is 2. The fraction of sp³-hybridized carbons (Fsp3) is 0.364. The molecule has 7 heteroatoms. The fourth-order valence-corrected chi connectivity index (χ4v) is 3.59. The van der Waals surface area contributed by atoms with Crippen molar-refractivity contribution in [2.45, 2.75) is 12.5 Å². The van der Waals surface area contributed by atoms with E-state index in [2.05, 4.69) is 0 Å². The zero-order valence-electron chi connectivity index (χ0n) is 16.4. The number of carbonyl (C=O) groups excluding carboxylic acids is 2. The van der Waals surface area contributed by atoms with E-state index in [1.54, 1.807) is 23.0 Å². The van der Waals surface area contributed by atoms with Gasteiger partial charge in [-0.3, -0.25) is 9.59 Å². The van der Waals surface area contributed by atoms with Crippen LogP contribution in [0.4, 0.5) is 0 Å². The van der Waals surface area contributed by atoms with Crippen LogP contribution in [0.15, 0.2) is 48.5 Å². The first-order valence-electron chi connectivity index (χ1n) is 9.72. The molecule has 2 aromatic carbocycles. The SMILES string of the molecule is COc1cccc(CC(=O)N2CCN(C(=O)C3COc4ccccc4O3)CC2)c1. The Morgan fingerprint density at radius 1 is 1.00 bits per heavy atom. The number of rotatable bonds is 4. The molecule has 2 amide bonds. The van der Waals surface area contributed by atoms with Gasteiger partial charge >= 0.3 is 0 Å². The highest BCUT2D eigenvalue weighted by Crippen LogP contribution is 2.31. The maximum atomic E-state index is 12.8. The van der Waals surface area contributed by atoms with Gasteiger partial charge in [0.1, 0.15) is 12.4 Å². The number of nitrogens with zero attached hydrogens (tertiary/aromatic N) is 2. The number of fused-ring (bicyclic) bond motifs is 1. The summed E-state index contributed by atoms with van der Waals surface area (Å²) in [4.78, 5) is 29.0. The molecule has 0 aromatic heterocycles. The predicted octanol–water partition coefficient (Wildman–Crippen LogP) is 1.75. The standard InChI is InChI=1S/C22H24N2O5/c1-27-17-6-4-5-16(13-17)14-21(25)23-9-11-24(12-10-23)22(26)20-15-28-18-7-2-3-8-19(18)29-20/h2-8,13,20H,9-12,14-15H2,1H3. The molecule has 152 valence electrons. The lowest BCUT2D eigenvalue weighted by Gasteiger charge is -2.37. The summed E-state index contributed by atoms with van der Waals surface area (Å²) in [7, 11) is 1.61. The number of hydrogen-bond donors (Lipinski definition) is 0. The zero-order valence-corrected chi connectivity index (χ0v) is 16.4. The van der Waals surface area contributed by atoms with Crippen molar-refractivity contribution in [2.75, 3.05) is 39.9 Å². The van der Waals surface area contributed by atoms with Crippen LogP contribution in [0.2, 0.25) is 0 Å². The molecule has 0 bridgehead atoms. The molecule has 1 atom stereocenters. The van der Waals surface area contributed by atoms with Crippen LogP contribution < -0.4 is 14.2 Å². The monoisotopic (exact) mass is 396 g/mol. The van der Waals surface area contributed by atoms with E-state index < -0.39 is 6.10 Å².